The summed E-state index contributed by atoms with van der Waals surface area (Å²) < 4.78 is 34.2. The van der Waals surface area contributed by atoms with E-state index in [1.54, 1.807) is 18.2 Å². The van der Waals surface area contributed by atoms with Gasteiger partial charge in [-0.05, 0) is 25.0 Å². The van der Waals surface area contributed by atoms with Crippen LogP contribution in [0, 0.1) is 0 Å². The normalized spacial score (nSPS) is 20.3. The van der Waals surface area contributed by atoms with Gasteiger partial charge < -0.3 is 14.8 Å². The molecule has 0 aliphatic carbocycles. The van der Waals surface area contributed by atoms with E-state index in [4.69, 9.17) is 4.74 Å². The number of hydrogen-bond donors (Lipinski definition) is 1. The number of benzene rings is 1. The number of halogens is 2. The van der Waals surface area contributed by atoms with Crippen LogP contribution in [0.1, 0.15) is 12.8 Å². The molecule has 1 aromatic carbocycles. The Labute approximate surface area is 98.7 Å². The Bertz CT molecular complexity index is 354. The molecule has 2 rings (SSSR count). The molecule has 1 heterocycles. The first-order chi connectivity index (χ1) is 8.25. The van der Waals surface area contributed by atoms with Crippen LogP contribution in [0.4, 0.5) is 14.5 Å². The molecule has 1 N–H and O–H groups in total. The molecule has 1 atom stereocenters. The highest BCUT2D eigenvalue weighted by Crippen LogP contribution is 2.27. The van der Waals surface area contributed by atoms with Gasteiger partial charge in [0, 0.05) is 12.6 Å². The lowest BCUT2D eigenvalue weighted by molar-refractivity contribution is -0.0494. The first-order valence-electron chi connectivity index (χ1n) is 5.64. The molecular weight excluding hydrogens is 228 g/mol. The van der Waals surface area contributed by atoms with Gasteiger partial charge in [0.15, 0.2) is 0 Å². The van der Waals surface area contributed by atoms with Crippen molar-refractivity contribution in [2.24, 2.45) is 0 Å². The van der Waals surface area contributed by atoms with Crippen LogP contribution in [-0.4, -0.2) is 25.9 Å². The van der Waals surface area contributed by atoms with Crippen LogP contribution < -0.4 is 10.1 Å². The van der Waals surface area contributed by atoms with Crippen LogP contribution in [0.3, 0.4) is 0 Å². The standard InChI is InChI=1S/C12H15F2NO2/c13-12(14)17-11-6-2-1-5-10(11)15-9-4-3-7-16-8-9/h1-2,5-6,9,12,15H,3-4,7-8H2. The fourth-order valence-electron chi connectivity index (χ4n) is 1.86. The average Bonchev–Trinajstić information content (AvgIpc) is 2.32. The first kappa shape index (κ1) is 12.1. The van der Waals surface area contributed by atoms with Gasteiger partial charge in [0.1, 0.15) is 5.75 Å². The van der Waals surface area contributed by atoms with Gasteiger partial charge in [-0.3, -0.25) is 0 Å². The SMILES string of the molecule is FC(F)Oc1ccccc1NC1CCCOC1. The minimum atomic E-state index is -2.81. The number of anilines is 1. The van der Waals surface area contributed by atoms with Crippen molar-refractivity contribution in [3.63, 3.8) is 0 Å². The summed E-state index contributed by atoms with van der Waals surface area (Å²) in [5.74, 6) is 0.174. The lowest BCUT2D eigenvalue weighted by atomic mass is 10.1. The molecule has 0 spiro atoms. The molecule has 0 bridgehead atoms. The fraction of sp³-hybridized carbons (Fsp3) is 0.500. The lowest BCUT2D eigenvalue weighted by Crippen LogP contribution is -2.30. The van der Waals surface area contributed by atoms with Gasteiger partial charge in [0.25, 0.3) is 0 Å². The second-order valence-electron chi connectivity index (χ2n) is 3.93. The Morgan fingerprint density at radius 3 is 2.88 bits per heavy atom. The topological polar surface area (TPSA) is 30.5 Å². The number of hydrogen-bond acceptors (Lipinski definition) is 3. The molecule has 1 fully saturated rings. The average molecular weight is 243 g/mol. The van der Waals surface area contributed by atoms with Crippen molar-refractivity contribution in [3.05, 3.63) is 24.3 Å². The molecule has 17 heavy (non-hydrogen) atoms. The number of para-hydroxylation sites is 2. The van der Waals surface area contributed by atoms with Crippen molar-refractivity contribution in [3.8, 4) is 5.75 Å². The lowest BCUT2D eigenvalue weighted by Gasteiger charge is -2.25. The van der Waals surface area contributed by atoms with Crippen LogP contribution in [0.15, 0.2) is 24.3 Å². The van der Waals surface area contributed by atoms with Crippen molar-refractivity contribution in [1.29, 1.82) is 0 Å². The van der Waals surface area contributed by atoms with Crippen LogP contribution >= 0.6 is 0 Å². The molecule has 94 valence electrons. The Morgan fingerprint density at radius 1 is 1.35 bits per heavy atom. The number of nitrogens with one attached hydrogen (secondary N) is 1. The first-order valence-corrected chi connectivity index (χ1v) is 5.64. The maximum Gasteiger partial charge on any atom is 0.387 e. The summed E-state index contributed by atoms with van der Waals surface area (Å²) in [6.07, 6.45) is 1.96. The van der Waals surface area contributed by atoms with E-state index in [2.05, 4.69) is 10.1 Å². The van der Waals surface area contributed by atoms with Crippen molar-refractivity contribution in [1.82, 2.24) is 0 Å². The summed E-state index contributed by atoms with van der Waals surface area (Å²) in [7, 11) is 0. The molecule has 1 aromatic rings. The zero-order valence-corrected chi connectivity index (χ0v) is 9.36. The number of ether oxygens (including phenoxy) is 2. The molecular formula is C12H15F2NO2. The van der Waals surface area contributed by atoms with Crippen molar-refractivity contribution < 1.29 is 18.3 Å². The third-order valence-electron chi connectivity index (χ3n) is 2.62. The van der Waals surface area contributed by atoms with E-state index in [-0.39, 0.29) is 11.8 Å². The zero-order chi connectivity index (χ0) is 12.1. The van der Waals surface area contributed by atoms with E-state index in [1.807, 2.05) is 0 Å². The van der Waals surface area contributed by atoms with Gasteiger partial charge in [-0.2, -0.15) is 8.78 Å². The fourth-order valence-corrected chi connectivity index (χ4v) is 1.86. The van der Waals surface area contributed by atoms with Crippen molar-refractivity contribution >= 4 is 5.69 Å². The second kappa shape index (κ2) is 5.82. The zero-order valence-electron chi connectivity index (χ0n) is 9.36. The van der Waals surface area contributed by atoms with Crippen molar-refractivity contribution in [2.45, 2.75) is 25.5 Å². The Hall–Kier alpha value is -1.36. The number of alkyl halides is 2. The van der Waals surface area contributed by atoms with Crippen LogP contribution in [-0.2, 0) is 4.74 Å². The quantitative estimate of drug-likeness (QED) is 0.882. The predicted octanol–water partition coefficient (Wildman–Crippen LogP) is 2.88. The van der Waals surface area contributed by atoms with Gasteiger partial charge in [-0.1, -0.05) is 12.1 Å². The molecule has 1 aliphatic heterocycles. The molecule has 1 unspecified atom stereocenters. The predicted molar refractivity (Wildman–Crippen MR) is 60.5 cm³/mol. The van der Waals surface area contributed by atoms with Crippen LogP contribution in [0.5, 0.6) is 5.75 Å². The van der Waals surface area contributed by atoms with Crippen LogP contribution in [0.25, 0.3) is 0 Å². The maximum absolute atomic E-state index is 12.2. The Kier molecular flexibility index (Phi) is 4.14. The molecule has 3 nitrogen and oxygen atoms in total. The van der Waals surface area contributed by atoms with Crippen molar-refractivity contribution in [2.75, 3.05) is 18.5 Å². The monoisotopic (exact) mass is 243 g/mol. The number of rotatable bonds is 4. The van der Waals surface area contributed by atoms with Gasteiger partial charge in [-0.15, -0.1) is 0 Å². The van der Waals surface area contributed by atoms with E-state index < -0.39 is 6.61 Å². The highest BCUT2D eigenvalue weighted by molar-refractivity contribution is 5.56. The highest BCUT2D eigenvalue weighted by Gasteiger charge is 2.16. The maximum atomic E-state index is 12.2. The molecule has 1 aliphatic rings. The van der Waals surface area contributed by atoms with Crippen LogP contribution in [0.2, 0.25) is 0 Å². The summed E-state index contributed by atoms with van der Waals surface area (Å²) in [5, 5.41) is 3.17. The minimum absolute atomic E-state index is 0.158. The third kappa shape index (κ3) is 3.56. The molecule has 1 saturated heterocycles. The molecule has 0 radical (unpaired) electrons. The Balaban J connectivity index is 2.03. The summed E-state index contributed by atoms with van der Waals surface area (Å²) in [6, 6.07) is 6.86. The van der Waals surface area contributed by atoms with E-state index in [1.165, 1.54) is 6.07 Å². The van der Waals surface area contributed by atoms with E-state index in [9.17, 15) is 8.78 Å². The largest absolute Gasteiger partial charge is 0.433 e. The smallest absolute Gasteiger partial charge is 0.387 e. The Morgan fingerprint density at radius 2 is 2.18 bits per heavy atom. The molecule has 0 aromatic heterocycles. The third-order valence-corrected chi connectivity index (χ3v) is 2.62. The summed E-state index contributed by atoms with van der Waals surface area (Å²) >= 11 is 0. The van der Waals surface area contributed by atoms with Gasteiger partial charge in [0.2, 0.25) is 0 Å². The molecule has 0 amide bonds. The highest BCUT2D eigenvalue weighted by atomic mass is 19.3. The van der Waals surface area contributed by atoms with E-state index >= 15 is 0 Å². The summed E-state index contributed by atoms with van der Waals surface area (Å²) in [6.45, 7) is -1.43. The van der Waals surface area contributed by atoms with Gasteiger partial charge in [-0.25, -0.2) is 0 Å². The molecule has 0 saturated carbocycles. The summed E-state index contributed by atoms with van der Waals surface area (Å²) in [5.41, 5.74) is 0.586. The van der Waals surface area contributed by atoms with Gasteiger partial charge >= 0.3 is 6.61 Å². The summed E-state index contributed by atoms with van der Waals surface area (Å²) in [4.78, 5) is 0. The van der Waals surface area contributed by atoms with E-state index in [0.29, 0.717) is 12.3 Å². The minimum Gasteiger partial charge on any atom is -0.433 e. The van der Waals surface area contributed by atoms with Gasteiger partial charge in [0.05, 0.1) is 12.3 Å². The second-order valence-corrected chi connectivity index (χ2v) is 3.93. The van der Waals surface area contributed by atoms with E-state index in [0.717, 1.165) is 19.4 Å². The molecule has 5 heteroatoms.